The highest BCUT2D eigenvalue weighted by Gasteiger charge is 2.26. The fourth-order valence-electron chi connectivity index (χ4n) is 3.15. The van der Waals surface area contributed by atoms with E-state index in [1.165, 1.54) is 4.88 Å². The highest BCUT2D eigenvalue weighted by atomic mass is 32.1. The number of hydrogen-bond acceptors (Lipinski definition) is 5. The third-order valence-corrected chi connectivity index (χ3v) is 5.67. The average molecular weight is 410 g/mol. The van der Waals surface area contributed by atoms with Crippen molar-refractivity contribution in [3.63, 3.8) is 0 Å². The van der Waals surface area contributed by atoms with Crippen molar-refractivity contribution in [3.8, 4) is 5.75 Å². The number of aliphatic imine (C=N–C) groups is 1. The van der Waals surface area contributed by atoms with Crippen LogP contribution in [-0.4, -0.2) is 43.7 Å². The third kappa shape index (κ3) is 5.31. The number of hydrogen-bond donors (Lipinski definition) is 2. The van der Waals surface area contributed by atoms with E-state index in [9.17, 15) is 8.78 Å². The lowest BCUT2D eigenvalue weighted by Gasteiger charge is -2.22. The van der Waals surface area contributed by atoms with E-state index in [4.69, 9.17) is 0 Å². The van der Waals surface area contributed by atoms with Crippen LogP contribution in [0.5, 0.6) is 5.75 Å². The van der Waals surface area contributed by atoms with E-state index in [1.807, 2.05) is 12.3 Å². The van der Waals surface area contributed by atoms with Crippen LogP contribution >= 0.6 is 11.3 Å². The van der Waals surface area contributed by atoms with Crippen LogP contribution in [-0.2, 0) is 13.0 Å². The van der Waals surface area contributed by atoms with Gasteiger partial charge < -0.3 is 20.3 Å². The van der Waals surface area contributed by atoms with Crippen LogP contribution in [0.25, 0.3) is 0 Å². The number of para-hydroxylation sites is 2. The number of nitrogens with zero attached hydrogens (tertiary/aromatic N) is 3. The third-order valence-electron chi connectivity index (χ3n) is 4.53. The molecule has 2 aromatic rings. The van der Waals surface area contributed by atoms with Gasteiger partial charge in [-0.2, -0.15) is 8.78 Å². The lowest BCUT2D eigenvalue weighted by molar-refractivity contribution is -0.0495. The Morgan fingerprint density at radius 3 is 2.96 bits per heavy atom. The van der Waals surface area contributed by atoms with Gasteiger partial charge in [-0.15, -0.1) is 11.3 Å². The van der Waals surface area contributed by atoms with Gasteiger partial charge in [-0.05, 0) is 25.0 Å². The maximum absolute atomic E-state index is 12.6. The second kappa shape index (κ2) is 9.68. The van der Waals surface area contributed by atoms with Gasteiger partial charge in [-0.1, -0.05) is 19.1 Å². The molecule has 6 nitrogen and oxygen atoms in total. The van der Waals surface area contributed by atoms with Crippen molar-refractivity contribution in [3.05, 3.63) is 40.3 Å². The maximum atomic E-state index is 12.6. The molecule has 1 atom stereocenters. The van der Waals surface area contributed by atoms with Crippen molar-refractivity contribution >= 4 is 23.0 Å². The number of nitrogens with one attached hydrogen (secondary N) is 2. The Kier molecular flexibility index (Phi) is 7.02. The lowest BCUT2D eigenvalue weighted by Crippen LogP contribution is -2.44. The van der Waals surface area contributed by atoms with Crippen LogP contribution in [0.15, 0.2) is 35.5 Å². The van der Waals surface area contributed by atoms with E-state index < -0.39 is 6.61 Å². The average Bonchev–Trinajstić information content (AvgIpc) is 3.34. The molecule has 0 spiro atoms. The summed E-state index contributed by atoms with van der Waals surface area (Å²) in [6, 6.07) is 7.06. The number of benzene rings is 1. The molecule has 1 aliphatic rings. The summed E-state index contributed by atoms with van der Waals surface area (Å²) in [6.07, 6.45) is 3.77. The quantitative estimate of drug-likeness (QED) is 0.543. The van der Waals surface area contributed by atoms with Crippen LogP contribution in [0.1, 0.15) is 23.2 Å². The van der Waals surface area contributed by atoms with Crippen LogP contribution in [0.2, 0.25) is 0 Å². The molecule has 28 heavy (non-hydrogen) atoms. The Balaban J connectivity index is 1.55. The van der Waals surface area contributed by atoms with Crippen LogP contribution in [0.4, 0.5) is 14.5 Å². The van der Waals surface area contributed by atoms with E-state index in [0.717, 1.165) is 24.4 Å². The number of alkyl halides is 2. The molecule has 0 bridgehead atoms. The summed E-state index contributed by atoms with van der Waals surface area (Å²) in [5.74, 6) is 0.911. The van der Waals surface area contributed by atoms with Crippen LogP contribution in [0, 0.1) is 0 Å². The zero-order valence-corrected chi connectivity index (χ0v) is 16.8. The molecule has 1 saturated heterocycles. The van der Waals surface area contributed by atoms with Gasteiger partial charge >= 0.3 is 6.61 Å². The number of rotatable bonds is 7. The van der Waals surface area contributed by atoms with Gasteiger partial charge in [-0.25, -0.2) is 4.98 Å². The molecule has 2 heterocycles. The van der Waals surface area contributed by atoms with Crippen molar-refractivity contribution in [2.45, 2.75) is 39.0 Å². The summed E-state index contributed by atoms with van der Waals surface area (Å²) in [7, 11) is 1.73. The van der Waals surface area contributed by atoms with Crippen molar-refractivity contribution in [2.24, 2.45) is 4.99 Å². The molecule has 0 saturated carbocycles. The Hall–Kier alpha value is -2.42. The number of anilines is 1. The van der Waals surface area contributed by atoms with Crippen molar-refractivity contribution in [1.29, 1.82) is 0 Å². The van der Waals surface area contributed by atoms with Crippen LogP contribution in [0.3, 0.4) is 0 Å². The predicted octanol–water partition coefficient (Wildman–Crippen LogP) is 3.25. The molecule has 1 aromatic heterocycles. The second-order valence-electron chi connectivity index (χ2n) is 6.42. The van der Waals surface area contributed by atoms with Crippen LogP contribution < -0.4 is 20.3 Å². The molecule has 1 aromatic carbocycles. The van der Waals surface area contributed by atoms with Gasteiger partial charge in [0, 0.05) is 37.3 Å². The topological polar surface area (TPSA) is 61.8 Å². The highest BCUT2D eigenvalue weighted by Crippen LogP contribution is 2.31. The van der Waals surface area contributed by atoms with Crippen molar-refractivity contribution in [2.75, 3.05) is 25.0 Å². The molecule has 1 fully saturated rings. The molecule has 2 N–H and O–H groups in total. The zero-order chi connectivity index (χ0) is 19.9. The minimum absolute atomic E-state index is 0.160. The summed E-state index contributed by atoms with van der Waals surface area (Å²) in [5, 5.41) is 7.71. The number of aromatic nitrogens is 1. The van der Waals surface area contributed by atoms with E-state index in [2.05, 4.69) is 37.2 Å². The summed E-state index contributed by atoms with van der Waals surface area (Å²) in [6.45, 7) is 1.33. The largest absolute Gasteiger partial charge is 0.433 e. The van der Waals surface area contributed by atoms with E-state index in [1.54, 1.807) is 36.6 Å². The maximum Gasteiger partial charge on any atom is 0.387 e. The Morgan fingerprint density at radius 1 is 1.43 bits per heavy atom. The van der Waals surface area contributed by atoms with Gasteiger partial charge in [0.2, 0.25) is 0 Å². The molecule has 3 rings (SSSR count). The molecule has 1 unspecified atom stereocenters. The minimum atomic E-state index is -2.83. The van der Waals surface area contributed by atoms with E-state index in [-0.39, 0.29) is 11.8 Å². The standard InChI is InChI=1S/C19H25F2N5OS/c1-3-14-10-23-17(28-14)11-24-19(22-2)25-13-8-9-26(12-13)15-6-4-5-7-16(15)27-18(20)21/h4-7,10,13,18H,3,8-9,11-12H2,1-2H3,(H2,22,24,25). The number of ether oxygens (including phenoxy) is 1. The normalized spacial score (nSPS) is 17.2. The molecule has 152 valence electrons. The fraction of sp³-hybridized carbons (Fsp3) is 0.474. The minimum Gasteiger partial charge on any atom is -0.433 e. The molecule has 0 amide bonds. The number of guanidine groups is 1. The first-order valence-electron chi connectivity index (χ1n) is 9.28. The first-order chi connectivity index (χ1) is 13.6. The smallest absolute Gasteiger partial charge is 0.387 e. The van der Waals surface area contributed by atoms with Gasteiger partial charge in [-0.3, -0.25) is 4.99 Å². The van der Waals surface area contributed by atoms with Crippen molar-refractivity contribution in [1.82, 2.24) is 15.6 Å². The monoisotopic (exact) mass is 409 g/mol. The number of thiazole rings is 1. The lowest BCUT2D eigenvalue weighted by atomic mass is 10.2. The van der Waals surface area contributed by atoms with Crippen molar-refractivity contribution < 1.29 is 13.5 Å². The van der Waals surface area contributed by atoms with Gasteiger partial charge in [0.05, 0.1) is 12.2 Å². The van der Waals surface area contributed by atoms with Gasteiger partial charge in [0.1, 0.15) is 10.8 Å². The molecule has 0 aliphatic carbocycles. The Labute approximate surface area is 167 Å². The Bertz CT molecular complexity index is 798. The first-order valence-corrected chi connectivity index (χ1v) is 10.1. The predicted molar refractivity (Wildman–Crippen MR) is 109 cm³/mol. The molecule has 0 radical (unpaired) electrons. The molecular weight excluding hydrogens is 384 g/mol. The molecule has 1 aliphatic heterocycles. The van der Waals surface area contributed by atoms with Gasteiger partial charge in [0.25, 0.3) is 0 Å². The summed E-state index contributed by atoms with van der Waals surface area (Å²) in [4.78, 5) is 12.0. The summed E-state index contributed by atoms with van der Waals surface area (Å²) >= 11 is 1.69. The Morgan fingerprint density at radius 2 is 2.25 bits per heavy atom. The highest BCUT2D eigenvalue weighted by molar-refractivity contribution is 7.11. The number of aryl methyl sites for hydroxylation is 1. The number of halogens is 2. The zero-order valence-electron chi connectivity index (χ0n) is 16.0. The van der Waals surface area contributed by atoms with E-state index >= 15 is 0 Å². The fourth-order valence-corrected chi connectivity index (χ4v) is 3.95. The summed E-state index contributed by atoms with van der Waals surface area (Å²) < 4.78 is 30.0. The second-order valence-corrected chi connectivity index (χ2v) is 7.62. The van der Waals surface area contributed by atoms with E-state index in [0.29, 0.717) is 24.7 Å². The first kappa shape index (κ1) is 20.3. The summed E-state index contributed by atoms with van der Waals surface area (Å²) in [5.41, 5.74) is 0.685. The molecular formula is C19H25F2N5OS. The molecule has 9 heteroatoms. The SMILES string of the molecule is CCc1cnc(CNC(=NC)NC2CCN(c3ccccc3OC(F)F)C2)s1. The van der Waals surface area contributed by atoms with Gasteiger partial charge in [0.15, 0.2) is 5.96 Å².